The number of carbonyl (C=O) groups excluding carboxylic acids is 1. The van der Waals surface area contributed by atoms with Crippen molar-refractivity contribution in [3.8, 4) is 0 Å². The minimum absolute atomic E-state index is 0.0206. The number of methoxy groups -OCH3 is 1. The molecular weight excluding hydrogens is 262 g/mol. The van der Waals surface area contributed by atoms with Crippen LogP contribution in [-0.4, -0.2) is 36.1 Å². The van der Waals surface area contributed by atoms with Crippen LogP contribution in [0.4, 0.5) is 11.5 Å². The molecule has 1 saturated heterocycles. The van der Waals surface area contributed by atoms with Crippen molar-refractivity contribution in [3.05, 3.63) is 27.9 Å². The first-order valence-electron chi connectivity index (χ1n) is 6.46. The third-order valence-corrected chi connectivity index (χ3v) is 3.50. The number of piperidine rings is 1. The van der Waals surface area contributed by atoms with Gasteiger partial charge in [-0.05, 0) is 25.3 Å². The SMILES string of the molecule is COC(=O)C1CCCN(c2ncc([N+](=O)[O-])cc2C)C1. The van der Waals surface area contributed by atoms with Crippen LogP contribution in [-0.2, 0) is 9.53 Å². The summed E-state index contributed by atoms with van der Waals surface area (Å²) in [5.74, 6) is 0.323. The molecule has 1 aromatic heterocycles. The molecule has 7 heteroatoms. The molecule has 20 heavy (non-hydrogen) atoms. The second-order valence-corrected chi connectivity index (χ2v) is 4.90. The van der Waals surface area contributed by atoms with Crippen molar-refractivity contribution in [2.45, 2.75) is 19.8 Å². The van der Waals surface area contributed by atoms with E-state index in [1.807, 2.05) is 4.90 Å². The highest BCUT2D eigenvalue weighted by molar-refractivity contribution is 5.73. The van der Waals surface area contributed by atoms with Crippen LogP contribution in [0.15, 0.2) is 12.3 Å². The van der Waals surface area contributed by atoms with Gasteiger partial charge >= 0.3 is 5.97 Å². The van der Waals surface area contributed by atoms with Crippen LogP contribution in [0.1, 0.15) is 18.4 Å². The third-order valence-electron chi connectivity index (χ3n) is 3.50. The summed E-state index contributed by atoms with van der Waals surface area (Å²) >= 11 is 0. The van der Waals surface area contributed by atoms with Gasteiger partial charge in [0.1, 0.15) is 12.0 Å². The van der Waals surface area contributed by atoms with Gasteiger partial charge in [0, 0.05) is 19.2 Å². The van der Waals surface area contributed by atoms with Crippen LogP contribution in [0.25, 0.3) is 0 Å². The average molecular weight is 279 g/mol. The van der Waals surface area contributed by atoms with E-state index < -0.39 is 4.92 Å². The molecule has 1 atom stereocenters. The van der Waals surface area contributed by atoms with Gasteiger partial charge in [-0.1, -0.05) is 0 Å². The molecule has 0 spiro atoms. The van der Waals surface area contributed by atoms with Gasteiger partial charge in [0.25, 0.3) is 5.69 Å². The standard InChI is InChI=1S/C13H17N3O4/c1-9-6-11(16(18)19)7-14-12(9)15-5-3-4-10(8-15)13(17)20-2/h6-7,10H,3-5,8H2,1-2H3. The maximum Gasteiger partial charge on any atom is 0.310 e. The van der Waals surface area contributed by atoms with Gasteiger partial charge in [-0.2, -0.15) is 0 Å². The largest absolute Gasteiger partial charge is 0.469 e. The van der Waals surface area contributed by atoms with E-state index in [1.165, 1.54) is 19.4 Å². The number of hydrogen-bond acceptors (Lipinski definition) is 6. The fourth-order valence-corrected chi connectivity index (χ4v) is 2.51. The van der Waals surface area contributed by atoms with Crippen LogP contribution in [0.2, 0.25) is 0 Å². The van der Waals surface area contributed by atoms with Gasteiger partial charge in [0.15, 0.2) is 0 Å². The van der Waals surface area contributed by atoms with E-state index in [4.69, 9.17) is 4.74 Å². The summed E-state index contributed by atoms with van der Waals surface area (Å²) in [5.41, 5.74) is 0.720. The summed E-state index contributed by atoms with van der Waals surface area (Å²) in [6.45, 7) is 3.12. The van der Waals surface area contributed by atoms with Crippen LogP contribution in [0.3, 0.4) is 0 Å². The van der Waals surface area contributed by atoms with Crippen molar-refractivity contribution >= 4 is 17.5 Å². The molecule has 2 heterocycles. The lowest BCUT2D eigenvalue weighted by Crippen LogP contribution is -2.39. The highest BCUT2D eigenvalue weighted by atomic mass is 16.6. The van der Waals surface area contributed by atoms with Gasteiger partial charge < -0.3 is 9.64 Å². The zero-order valence-electron chi connectivity index (χ0n) is 11.5. The van der Waals surface area contributed by atoms with E-state index in [2.05, 4.69) is 4.98 Å². The predicted octanol–water partition coefficient (Wildman–Crippen LogP) is 1.69. The Balaban J connectivity index is 2.19. The lowest BCUT2D eigenvalue weighted by Gasteiger charge is -2.32. The van der Waals surface area contributed by atoms with Crippen LogP contribution >= 0.6 is 0 Å². The lowest BCUT2D eigenvalue weighted by molar-refractivity contribution is -0.385. The van der Waals surface area contributed by atoms with E-state index in [1.54, 1.807) is 6.92 Å². The number of nitro groups is 1. The van der Waals surface area contributed by atoms with E-state index in [0.29, 0.717) is 12.4 Å². The fourth-order valence-electron chi connectivity index (χ4n) is 2.51. The molecule has 1 aliphatic heterocycles. The Hall–Kier alpha value is -2.18. The van der Waals surface area contributed by atoms with Crippen molar-refractivity contribution in [2.24, 2.45) is 5.92 Å². The molecule has 0 amide bonds. The van der Waals surface area contributed by atoms with Crippen molar-refractivity contribution in [3.63, 3.8) is 0 Å². The Morgan fingerprint density at radius 3 is 2.95 bits per heavy atom. The summed E-state index contributed by atoms with van der Waals surface area (Å²) in [7, 11) is 1.39. The second kappa shape index (κ2) is 5.85. The number of rotatable bonds is 3. The maximum absolute atomic E-state index is 11.6. The van der Waals surface area contributed by atoms with Crippen LogP contribution < -0.4 is 4.90 Å². The number of aryl methyl sites for hydroxylation is 1. The lowest BCUT2D eigenvalue weighted by atomic mass is 9.98. The van der Waals surface area contributed by atoms with Gasteiger partial charge in [0.2, 0.25) is 0 Å². The molecule has 2 rings (SSSR count). The second-order valence-electron chi connectivity index (χ2n) is 4.90. The summed E-state index contributed by atoms with van der Waals surface area (Å²) in [6.07, 6.45) is 2.93. The topological polar surface area (TPSA) is 85.6 Å². The molecule has 7 nitrogen and oxygen atoms in total. The molecular formula is C13H17N3O4. The van der Waals surface area contributed by atoms with Gasteiger partial charge in [0.05, 0.1) is 18.0 Å². The van der Waals surface area contributed by atoms with Crippen molar-refractivity contribution in [2.75, 3.05) is 25.1 Å². The molecule has 0 aromatic carbocycles. The molecule has 1 aromatic rings. The number of nitrogens with zero attached hydrogens (tertiary/aromatic N) is 3. The Morgan fingerprint density at radius 1 is 1.60 bits per heavy atom. The number of anilines is 1. The molecule has 0 bridgehead atoms. The van der Waals surface area contributed by atoms with Crippen molar-refractivity contribution in [1.82, 2.24) is 4.98 Å². The Kier molecular flexibility index (Phi) is 4.16. The van der Waals surface area contributed by atoms with Crippen molar-refractivity contribution < 1.29 is 14.5 Å². The van der Waals surface area contributed by atoms with Crippen LogP contribution in [0, 0.1) is 23.0 Å². The molecule has 0 aliphatic carbocycles. The number of ether oxygens (including phenoxy) is 1. The fraction of sp³-hybridized carbons (Fsp3) is 0.538. The molecule has 1 unspecified atom stereocenters. The highest BCUT2D eigenvalue weighted by Crippen LogP contribution is 2.26. The van der Waals surface area contributed by atoms with E-state index >= 15 is 0 Å². The van der Waals surface area contributed by atoms with E-state index in [-0.39, 0.29) is 17.6 Å². The molecule has 0 saturated carbocycles. The number of carbonyl (C=O) groups is 1. The van der Waals surface area contributed by atoms with Gasteiger partial charge in [-0.15, -0.1) is 0 Å². The summed E-state index contributed by atoms with van der Waals surface area (Å²) in [4.78, 5) is 28.0. The minimum Gasteiger partial charge on any atom is -0.469 e. The monoisotopic (exact) mass is 279 g/mol. The molecule has 0 radical (unpaired) electrons. The Labute approximate surface area is 116 Å². The highest BCUT2D eigenvalue weighted by Gasteiger charge is 2.28. The average Bonchev–Trinajstić information content (AvgIpc) is 2.46. The third kappa shape index (κ3) is 2.87. The molecule has 1 aliphatic rings. The van der Waals surface area contributed by atoms with E-state index in [9.17, 15) is 14.9 Å². The Morgan fingerprint density at radius 2 is 2.35 bits per heavy atom. The normalized spacial score (nSPS) is 18.7. The quantitative estimate of drug-likeness (QED) is 0.475. The first kappa shape index (κ1) is 14.2. The number of pyridine rings is 1. The van der Waals surface area contributed by atoms with Gasteiger partial charge in [-0.3, -0.25) is 14.9 Å². The predicted molar refractivity (Wildman–Crippen MR) is 72.6 cm³/mol. The summed E-state index contributed by atoms with van der Waals surface area (Å²) in [6, 6.07) is 1.50. The minimum atomic E-state index is -0.461. The smallest absolute Gasteiger partial charge is 0.310 e. The van der Waals surface area contributed by atoms with Crippen LogP contribution in [0.5, 0.6) is 0 Å². The van der Waals surface area contributed by atoms with Crippen molar-refractivity contribution in [1.29, 1.82) is 0 Å². The molecule has 108 valence electrons. The number of esters is 1. The summed E-state index contributed by atoms with van der Waals surface area (Å²) in [5, 5.41) is 10.7. The molecule has 0 N–H and O–H groups in total. The Bertz CT molecular complexity index is 532. The zero-order chi connectivity index (χ0) is 14.7. The zero-order valence-corrected chi connectivity index (χ0v) is 11.5. The van der Waals surface area contributed by atoms with E-state index in [0.717, 1.165) is 24.9 Å². The van der Waals surface area contributed by atoms with Gasteiger partial charge in [-0.25, -0.2) is 4.98 Å². The maximum atomic E-state index is 11.6. The summed E-state index contributed by atoms with van der Waals surface area (Å²) < 4.78 is 4.78. The first-order chi connectivity index (χ1) is 9.52. The number of aromatic nitrogens is 1. The molecule has 1 fully saturated rings. The first-order valence-corrected chi connectivity index (χ1v) is 6.46. The number of hydrogen-bond donors (Lipinski definition) is 0.